The van der Waals surface area contributed by atoms with Crippen molar-refractivity contribution in [1.29, 1.82) is 0 Å². The summed E-state index contributed by atoms with van der Waals surface area (Å²) < 4.78 is 1.07. The standard InChI is InChI=1S/C15H22BrNO2S/c1-11(2)17-15(3,14(18)19)8-5-9-20-13-7-4-6-12(16)10-13/h4,6-7,10-11,17H,5,8-9H2,1-3H3,(H,18,19). The lowest BCUT2D eigenvalue weighted by molar-refractivity contribution is -0.144. The number of hydrogen-bond acceptors (Lipinski definition) is 3. The molecule has 0 saturated carbocycles. The van der Waals surface area contributed by atoms with E-state index in [1.807, 2.05) is 26.0 Å². The molecule has 0 amide bonds. The minimum absolute atomic E-state index is 0.161. The van der Waals surface area contributed by atoms with Crippen LogP contribution in [0.4, 0.5) is 0 Å². The molecule has 1 unspecified atom stereocenters. The van der Waals surface area contributed by atoms with Gasteiger partial charge in [-0.25, -0.2) is 0 Å². The molecule has 0 radical (unpaired) electrons. The fourth-order valence-corrected chi connectivity index (χ4v) is 3.51. The van der Waals surface area contributed by atoms with Crippen LogP contribution in [0.25, 0.3) is 0 Å². The monoisotopic (exact) mass is 359 g/mol. The van der Waals surface area contributed by atoms with Gasteiger partial charge in [-0.05, 0) is 57.6 Å². The topological polar surface area (TPSA) is 49.3 Å². The number of carboxylic acids is 1. The van der Waals surface area contributed by atoms with Gasteiger partial charge < -0.3 is 5.11 Å². The maximum atomic E-state index is 11.4. The van der Waals surface area contributed by atoms with Crippen LogP contribution < -0.4 is 5.32 Å². The summed E-state index contributed by atoms with van der Waals surface area (Å²) in [5.41, 5.74) is -0.841. The number of thioether (sulfide) groups is 1. The minimum Gasteiger partial charge on any atom is -0.480 e. The minimum atomic E-state index is -0.841. The summed E-state index contributed by atoms with van der Waals surface area (Å²) in [5.74, 6) is 0.137. The molecule has 0 heterocycles. The molecule has 112 valence electrons. The van der Waals surface area contributed by atoms with Crippen LogP contribution in [0.5, 0.6) is 0 Å². The van der Waals surface area contributed by atoms with Crippen LogP contribution in [0.15, 0.2) is 33.6 Å². The SMILES string of the molecule is CC(C)NC(C)(CCCSc1cccc(Br)c1)C(=O)O. The highest BCUT2D eigenvalue weighted by Gasteiger charge is 2.32. The Morgan fingerprint density at radius 2 is 2.20 bits per heavy atom. The average Bonchev–Trinajstić information content (AvgIpc) is 2.34. The van der Waals surface area contributed by atoms with Gasteiger partial charge in [0, 0.05) is 15.4 Å². The molecule has 5 heteroatoms. The highest BCUT2D eigenvalue weighted by Crippen LogP contribution is 2.24. The Bertz CT molecular complexity index is 453. The maximum Gasteiger partial charge on any atom is 0.323 e. The second-order valence-electron chi connectivity index (χ2n) is 5.35. The van der Waals surface area contributed by atoms with Crippen LogP contribution in [0.1, 0.15) is 33.6 Å². The third-order valence-corrected chi connectivity index (χ3v) is 4.54. The van der Waals surface area contributed by atoms with Crippen molar-refractivity contribution >= 4 is 33.7 Å². The van der Waals surface area contributed by atoms with E-state index in [-0.39, 0.29) is 6.04 Å². The molecule has 1 atom stereocenters. The van der Waals surface area contributed by atoms with Gasteiger partial charge >= 0.3 is 5.97 Å². The Hall–Kier alpha value is -0.520. The lowest BCUT2D eigenvalue weighted by Crippen LogP contribution is -2.52. The van der Waals surface area contributed by atoms with Gasteiger partial charge in [0.2, 0.25) is 0 Å². The van der Waals surface area contributed by atoms with Crippen LogP contribution in [-0.4, -0.2) is 28.4 Å². The van der Waals surface area contributed by atoms with Crippen molar-refractivity contribution in [3.63, 3.8) is 0 Å². The molecule has 1 aromatic carbocycles. The summed E-state index contributed by atoms with van der Waals surface area (Å²) in [7, 11) is 0. The summed E-state index contributed by atoms with van der Waals surface area (Å²) in [5, 5.41) is 12.5. The van der Waals surface area contributed by atoms with Crippen molar-refractivity contribution in [3.05, 3.63) is 28.7 Å². The molecule has 1 rings (SSSR count). The zero-order chi connectivity index (χ0) is 15.2. The van der Waals surface area contributed by atoms with Crippen molar-refractivity contribution in [2.45, 2.75) is 50.1 Å². The van der Waals surface area contributed by atoms with E-state index >= 15 is 0 Å². The Balaban J connectivity index is 2.43. The van der Waals surface area contributed by atoms with Crippen molar-refractivity contribution < 1.29 is 9.90 Å². The van der Waals surface area contributed by atoms with Crippen LogP contribution in [-0.2, 0) is 4.79 Å². The first kappa shape index (κ1) is 17.5. The molecule has 0 saturated heterocycles. The first-order chi connectivity index (χ1) is 9.33. The summed E-state index contributed by atoms with van der Waals surface area (Å²) in [6, 6.07) is 8.31. The lowest BCUT2D eigenvalue weighted by atomic mass is 9.95. The predicted octanol–water partition coefficient (Wildman–Crippen LogP) is 4.16. The van der Waals surface area contributed by atoms with E-state index in [2.05, 4.69) is 33.4 Å². The Morgan fingerprint density at radius 3 is 2.75 bits per heavy atom. The van der Waals surface area contributed by atoms with Crippen LogP contribution in [0, 0.1) is 0 Å². The predicted molar refractivity (Wildman–Crippen MR) is 88.4 cm³/mol. The zero-order valence-corrected chi connectivity index (χ0v) is 14.6. The molecule has 0 aromatic heterocycles. The quantitative estimate of drug-likeness (QED) is 0.540. The van der Waals surface area contributed by atoms with Gasteiger partial charge in [-0.15, -0.1) is 11.8 Å². The molecule has 20 heavy (non-hydrogen) atoms. The normalized spacial score (nSPS) is 14.2. The fourth-order valence-electron chi connectivity index (χ4n) is 2.05. The van der Waals surface area contributed by atoms with E-state index in [1.54, 1.807) is 18.7 Å². The first-order valence-electron chi connectivity index (χ1n) is 6.73. The number of nitrogens with one attached hydrogen (secondary N) is 1. The zero-order valence-electron chi connectivity index (χ0n) is 12.1. The number of carbonyl (C=O) groups is 1. The van der Waals surface area contributed by atoms with Crippen molar-refractivity contribution in [2.24, 2.45) is 0 Å². The molecule has 0 aliphatic rings. The van der Waals surface area contributed by atoms with Crippen molar-refractivity contribution in [3.8, 4) is 0 Å². The number of benzene rings is 1. The lowest BCUT2D eigenvalue weighted by Gasteiger charge is -2.28. The van der Waals surface area contributed by atoms with Gasteiger partial charge in [0.05, 0.1) is 0 Å². The largest absolute Gasteiger partial charge is 0.480 e. The highest BCUT2D eigenvalue weighted by atomic mass is 79.9. The van der Waals surface area contributed by atoms with Gasteiger partial charge in [0.25, 0.3) is 0 Å². The van der Waals surface area contributed by atoms with Gasteiger partial charge in [0.1, 0.15) is 5.54 Å². The first-order valence-corrected chi connectivity index (χ1v) is 8.51. The average molecular weight is 360 g/mol. The molecule has 0 fully saturated rings. The molecule has 3 nitrogen and oxygen atoms in total. The number of carboxylic acid groups (broad SMARTS) is 1. The van der Waals surface area contributed by atoms with Gasteiger partial charge in [-0.3, -0.25) is 10.1 Å². The van der Waals surface area contributed by atoms with Gasteiger partial charge in [-0.1, -0.05) is 22.0 Å². The fraction of sp³-hybridized carbons (Fsp3) is 0.533. The Labute approximate surface area is 133 Å². The van der Waals surface area contributed by atoms with Crippen molar-refractivity contribution in [1.82, 2.24) is 5.32 Å². The maximum absolute atomic E-state index is 11.4. The number of halogens is 1. The second-order valence-corrected chi connectivity index (χ2v) is 7.43. The number of hydrogen-bond donors (Lipinski definition) is 2. The van der Waals surface area contributed by atoms with Crippen LogP contribution in [0.2, 0.25) is 0 Å². The Morgan fingerprint density at radius 1 is 1.50 bits per heavy atom. The summed E-state index contributed by atoms with van der Waals surface area (Å²) >= 11 is 5.20. The second kappa shape index (κ2) is 8.05. The highest BCUT2D eigenvalue weighted by molar-refractivity contribution is 9.10. The molecule has 0 aliphatic heterocycles. The van der Waals surface area contributed by atoms with Crippen LogP contribution >= 0.6 is 27.7 Å². The third-order valence-electron chi connectivity index (χ3n) is 2.97. The molecule has 0 spiro atoms. The summed E-state index contributed by atoms with van der Waals surface area (Å²) in [6.07, 6.45) is 1.49. The number of aliphatic carboxylic acids is 1. The van der Waals surface area contributed by atoms with Gasteiger partial charge in [-0.2, -0.15) is 0 Å². The molecular formula is C15H22BrNO2S. The van der Waals surface area contributed by atoms with E-state index < -0.39 is 11.5 Å². The molecule has 2 N–H and O–H groups in total. The van der Waals surface area contributed by atoms with Crippen LogP contribution in [0.3, 0.4) is 0 Å². The summed E-state index contributed by atoms with van der Waals surface area (Å²) in [4.78, 5) is 12.6. The number of rotatable bonds is 8. The van der Waals surface area contributed by atoms with E-state index in [4.69, 9.17) is 0 Å². The molecule has 0 bridgehead atoms. The van der Waals surface area contributed by atoms with E-state index in [9.17, 15) is 9.90 Å². The van der Waals surface area contributed by atoms with E-state index in [1.165, 1.54) is 4.90 Å². The van der Waals surface area contributed by atoms with E-state index in [0.29, 0.717) is 6.42 Å². The van der Waals surface area contributed by atoms with Crippen molar-refractivity contribution in [2.75, 3.05) is 5.75 Å². The summed E-state index contributed by atoms with van der Waals surface area (Å²) in [6.45, 7) is 5.70. The third kappa shape index (κ3) is 5.85. The molecular weight excluding hydrogens is 338 g/mol. The Kier molecular flexibility index (Phi) is 7.06. The van der Waals surface area contributed by atoms with E-state index in [0.717, 1.165) is 16.6 Å². The molecule has 1 aromatic rings. The molecule has 0 aliphatic carbocycles. The van der Waals surface area contributed by atoms with Gasteiger partial charge in [0.15, 0.2) is 0 Å². The smallest absolute Gasteiger partial charge is 0.323 e.